The van der Waals surface area contributed by atoms with Crippen LogP contribution in [-0.2, 0) is 6.54 Å². The van der Waals surface area contributed by atoms with Gasteiger partial charge in [0.05, 0.1) is 19.2 Å². The number of hydrazine groups is 1. The molecule has 2 aliphatic heterocycles. The predicted molar refractivity (Wildman–Crippen MR) is 122 cm³/mol. The van der Waals surface area contributed by atoms with Gasteiger partial charge in [-0.1, -0.05) is 48.5 Å². The fourth-order valence-electron chi connectivity index (χ4n) is 4.93. The number of aryl methyl sites for hydroxylation is 2. The third kappa shape index (κ3) is 3.36. The summed E-state index contributed by atoms with van der Waals surface area (Å²) in [5.74, 6) is 1.36. The lowest BCUT2D eigenvalue weighted by atomic mass is 9.81. The van der Waals surface area contributed by atoms with Crippen LogP contribution in [0.3, 0.4) is 0 Å². The van der Waals surface area contributed by atoms with Crippen LogP contribution in [0.2, 0.25) is 0 Å². The average molecular weight is 400 g/mol. The van der Waals surface area contributed by atoms with Gasteiger partial charge >= 0.3 is 0 Å². The topological polar surface area (TPSA) is 36.5 Å². The van der Waals surface area contributed by atoms with Crippen molar-refractivity contribution in [2.45, 2.75) is 32.5 Å². The molecule has 154 valence electrons. The van der Waals surface area contributed by atoms with E-state index in [1.807, 2.05) is 6.07 Å². The standard InChI is InChI=1S/C26H29N3O/c1-17-11-12-20(13-18(17)2)25-23-16-29(15-19-7-6-8-21(14-19)30-3)24-10-5-4-9-22(24)26(23)28-27-25/h4-14,23,25-28H,15-16H2,1-3H3. The minimum Gasteiger partial charge on any atom is -0.497 e. The van der Waals surface area contributed by atoms with E-state index in [9.17, 15) is 0 Å². The monoisotopic (exact) mass is 399 g/mol. The predicted octanol–water partition coefficient (Wildman–Crippen LogP) is 4.84. The highest BCUT2D eigenvalue weighted by Crippen LogP contribution is 2.45. The van der Waals surface area contributed by atoms with Crippen LogP contribution in [0.4, 0.5) is 5.69 Å². The molecule has 0 aliphatic carbocycles. The fourth-order valence-corrected chi connectivity index (χ4v) is 4.93. The van der Waals surface area contributed by atoms with Crippen molar-refractivity contribution < 1.29 is 4.74 Å². The average Bonchev–Trinajstić information content (AvgIpc) is 3.20. The fraction of sp³-hybridized carbons (Fsp3) is 0.308. The van der Waals surface area contributed by atoms with E-state index in [-0.39, 0.29) is 6.04 Å². The number of para-hydroxylation sites is 1. The van der Waals surface area contributed by atoms with Crippen LogP contribution in [0.5, 0.6) is 5.75 Å². The molecule has 1 saturated heterocycles. The van der Waals surface area contributed by atoms with Crippen LogP contribution in [0.15, 0.2) is 66.7 Å². The molecule has 3 aromatic carbocycles. The summed E-state index contributed by atoms with van der Waals surface area (Å²) in [6, 6.07) is 24.7. The number of methoxy groups -OCH3 is 1. The Kier molecular flexibility index (Phi) is 4.97. The summed E-state index contributed by atoms with van der Waals surface area (Å²) in [7, 11) is 1.73. The Labute approximate surface area is 178 Å². The van der Waals surface area contributed by atoms with E-state index in [0.717, 1.165) is 18.8 Å². The molecular weight excluding hydrogens is 370 g/mol. The molecule has 3 aromatic rings. The summed E-state index contributed by atoms with van der Waals surface area (Å²) in [5.41, 5.74) is 15.2. The molecule has 0 bridgehead atoms. The van der Waals surface area contributed by atoms with E-state index < -0.39 is 0 Å². The normalized spacial score (nSPS) is 22.5. The van der Waals surface area contributed by atoms with E-state index >= 15 is 0 Å². The number of hydrogen-bond acceptors (Lipinski definition) is 4. The zero-order valence-electron chi connectivity index (χ0n) is 17.9. The Bertz CT molecular complexity index is 1060. The number of fused-ring (bicyclic) bond motifs is 3. The van der Waals surface area contributed by atoms with Crippen molar-refractivity contribution >= 4 is 5.69 Å². The second-order valence-corrected chi connectivity index (χ2v) is 8.54. The molecule has 2 aliphatic rings. The second kappa shape index (κ2) is 7.78. The van der Waals surface area contributed by atoms with Gasteiger partial charge in [-0.25, -0.2) is 10.9 Å². The highest BCUT2D eigenvalue weighted by molar-refractivity contribution is 5.58. The van der Waals surface area contributed by atoms with E-state index in [0.29, 0.717) is 12.0 Å². The highest BCUT2D eigenvalue weighted by Gasteiger charge is 2.43. The molecular formula is C26H29N3O. The maximum absolute atomic E-state index is 5.44. The molecule has 0 saturated carbocycles. The molecule has 3 unspecified atom stereocenters. The van der Waals surface area contributed by atoms with Crippen molar-refractivity contribution in [3.05, 3.63) is 94.5 Å². The first-order valence-corrected chi connectivity index (χ1v) is 10.7. The van der Waals surface area contributed by atoms with E-state index in [1.54, 1.807) is 7.11 Å². The van der Waals surface area contributed by atoms with Crippen molar-refractivity contribution in [3.63, 3.8) is 0 Å². The third-order valence-electron chi connectivity index (χ3n) is 6.69. The van der Waals surface area contributed by atoms with Gasteiger partial charge in [-0.2, -0.15) is 0 Å². The van der Waals surface area contributed by atoms with Gasteiger partial charge in [-0.3, -0.25) is 0 Å². The Morgan fingerprint density at radius 2 is 1.73 bits per heavy atom. The Balaban J connectivity index is 1.49. The van der Waals surface area contributed by atoms with Crippen molar-refractivity contribution in [1.82, 2.24) is 10.9 Å². The van der Waals surface area contributed by atoms with Gasteiger partial charge in [-0.15, -0.1) is 0 Å². The number of rotatable bonds is 4. The van der Waals surface area contributed by atoms with Crippen LogP contribution in [0.1, 0.15) is 39.9 Å². The summed E-state index contributed by atoms with van der Waals surface area (Å²) < 4.78 is 5.44. The van der Waals surface area contributed by atoms with Gasteiger partial charge in [0.25, 0.3) is 0 Å². The van der Waals surface area contributed by atoms with Crippen LogP contribution in [-0.4, -0.2) is 13.7 Å². The number of ether oxygens (including phenoxy) is 1. The van der Waals surface area contributed by atoms with Crippen LogP contribution in [0.25, 0.3) is 0 Å². The zero-order valence-corrected chi connectivity index (χ0v) is 17.9. The van der Waals surface area contributed by atoms with Gasteiger partial charge < -0.3 is 9.64 Å². The van der Waals surface area contributed by atoms with Gasteiger partial charge in [-0.05, 0) is 59.9 Å². The first kappa shape index (κ1) is 19.2. The van der Waals surface area contributed by atoms with Crippen LogP contribution >= 0.6 is 0 Å². The maximum atomic E-state index is 5.44. The lowest BCUT2D eigenvalue weighted by Crippen LogP contribution is -2.39. The van der Waals surface area contributed by atoms with E-state index in [4.69, 9.17) is 4.74 Å². The summed E-state index contributed by atoms with van der Waals surface area (Å²) in [6.45, 7) is 6.24. The molecule has 2 heterocycles. The number of hydrogen-bond donors (Lipinski definition) is 2. The molecule has 1 fully saturated rings. The summed E-state index contributed by atoms with van der Waals surface area (Å²) in [6.07, 6.45) is 0. The SMILES string of the molecule is COc1cccc(CN2CC3C(c4ccc(C)c(C)c4)NNC3c3ccccc32)c1. The lowest BCUT2D eigenvalue weighted by molar-refractivity contribution is 0.401. The summed E-state index contributed by atoms with van der Waals surface area (Å²) >= 11 is 0. The number of nitrogens with zero attached hydrogens (tertiary/aromatic N) is 1. The Morgan fingerprint density at radius 3 is 2.57 bits per heavy atom. The molecule has 0 amide bonds. The smallest absolute Gasteiger partial charge is 0.119 e. The number of benzene rings is 3. The van der Waals surface area contributed by atoms with Gasteiger partial charge in [0.1, 0.15) is 5.75 Å². The van der Waals surface area contributed by atoms with Crippen molar-refractivity contribution in [2.24, 2.45) is 5.92 Å². The van der Waals surface area contributed by atoms with Gasteiger partial charge in [0.2, 0.25) is 0 Å². The Morgan fingerprint density at radius 1 is 0.900 bits per heavy atom. The van der Waals surface area contributed by atoms with Crippen LogP contribution in [0, 0.1) is 19.8 Å². The van der Waals surface area contributed by atoms with Crippen LogP contribution < -0.4 is 20.5 Å². The first-order valence-electron chi connectivity index (χ1n) is 10.7. The largest absolute Gasteiger partial charge is 0.497 e. The molecule has 4 nitrogen and oxygen atoms in total. The van der Waals surface area contributed by atoms with Crippen molar-refractivity contribution in [2.75, 3.05) is 18.6 Å². The van der Waals surface area contributed by atoms with E-state index in [2.05, 4.69) is 90.3 Å². The van der Waals surface area contributed by atoms with E-state index in [1.165, 1.54) is 33.5 Å². The maximum Gasteiger partial charge on any atom is 0.119 e. The quantitative estimate of drug-likeness (QED) is 0.658. The molecule has 30 heavy (non-hydrogen) atoms. The number of nitrogens with one attached hydrogen (secondary N) is 2. The molecule has 0 radical (unpaired) electrons. The van der Waals surface area contributed by atoms with Crippen molar-refractivity contribution in [3.8, 4) is 5.75 Å². The van der Waals surface area contributed by atoms with Crippen molar-refractivity contribution in [1.29, 1.82) is 0 Å². The minimum atomic E-state index is 0.287. The molecule has 3 atom stereocenters. The molecule has 2 N–H and O–H groups in total. The van der Waals surface area contributed by atoms with Gasteiger partial charge in [0.15, 0.2) is 0 Å². The molecule has 4 heteroatoms. The Hall–Kier alpha value is -2.82. The third-order valence-corrected chi connectivity index (χ3v) is 6.69. The summed E-state index contributed by atoms with van der Waals surface area (Å²) in [4.78, 5) is 2.52. The minimum absolute atomic E-state index is 0.287. The molecule has 5 rings (SSSR count). The first-order chi connectivity index (χ1) is 14.6. The highest BCUT2D eigenvalue weighted by atomic mass is 16.5. The number of anilines is 1. The lowest BCUT2D eigenvalue weighted by Gasteiger charge is -2.39. The molecule has 0 aromatic heterocycles. The zero-order chi connectivity index (χ0) is 20.7. The summed E-state index contributed by atoms with van der Waals surface area (Å²) in [5, 5.41) is 0. The van der Waals surface area contributed by atoms with Gasteiger partial charge in [0, 0.05) is 24.7 Å². The second-order valence-electron chi connectivity index (χ2n) is 8.54. The molecule has 0 spiro atoms.